The molecule has 3 nitrogen and oxygen atoms in total. The van der Waals surface area contributed by atoms with Gasteiger partial charge in [0.15, 0.2) is 5.76 Å². The summed E-state index contributed by atoms with van der Waals surface area (Å²) in [5, 5.41) is 2.65. The zero-order valence-electron chi connectivity index (χ0n) is 7.26. The van der Waals surface area contributed by atoms with Gasteiger partial charge in [-0.2, -0.15) is 0 Å². The molecule has 0 radical (unpaired) electrons. The molecule has 0 saturated carbocycles. The molecule has 0 saturated heterocycles. The number of hydrogen-bond acceptors (Lipinski definition) is 2. The van der Waals surface area contributed by atoms with Crippen molar-refractivity contribution in [2.75, 3.05) is 6.54 Å². The second-order valence-corrected chi connectivity index (χ2v) is 3.75. The number of rotatable bonds is 3. The first-order chi connectivity index (χ1) is 6.11. The molecule has 0 fully saturated rings. The Morgan fingerprint density at radius 2 is 2.46 bits per heavy atom. The molecule has 0 bridgehead atoms. The highest BCUT2D eigenvalue weighted by Crippen LogP contribution is 2.08. The first-order valence-corrected chi connectivity index (χ1v) is 4.56. The molecular formula is C9H10BrNO2. The van der Waals surface area contributed by atoms with Crippen molar-refractivity contribution in [1.82, 2.24) is 5.32 Å². The first-order valence-electron chi connectivity index (χ1n) is 3.77. The summed E-state index contributed by atoms with van der Waals surface area (Å²) in [5.41, 5.74) is 0.831. The highest BCUT2D eigenvalue weighted by molar-refractivity contribution is 9.11. The predicted octanol–water partition coefficient (Wildman–Crippen LogP) is 2.23. The topological polar surface area (TPSA) is 42.2 Å². The van der Waals surface area contributed by atoms with Crippen LogP contribution < -0.4 is 5.32 Å². The van der Waals surface area contributed by atoms with E-state index in [-0.39, 0.29) is 5.91 Å². The molecular weight excluding hydrogens is 234 g/mol. The number of furan rings is 1. The van der Waals surface area contributed by atoms with Crippen molar-refractivity contribution < 1.29 is 9.21 Å². The zero-order valence-corrected chi connectivity index (χ0v) is 8.85. The van der Waals surface area contributed by atoms with Crippen LogP contribution in [0.3, 0.4) is 0 Å². The van der Waals surface area contributed by atoms with E-state index >= 15 is 0 Å². The molecule has 0 aliphatic carbocycles. The van der Waals surface area contributed by atoms with Gasteiger partial charge in [-0.1, -0.05) is 22.5 Å². The van der Waals surface area contributed by atoms with Crippen molar-refractivity contribution in [3.8, 4) is 0 Å². The van der Waals surface area contributed by atoms with Crippen molar-refractivity contribution in [3.05, 3.63) is 34.7 Å². The Labute approximate surface area is 84.9 Å². The van der Waals surface area contributed by atoms with Gasteiger partial charge in [0.2, 0.25) is 0 Å². The Kier molecular flexibility index (Phi) is 3.31. The van der Waals surface area contributed by atoms with Gasteiger partial charge in [-0.3, -0.25) is 4.79 Å². The highest BCUT2D eigenvalue weighted by atomic mass is 79.9. The van der Waals surface area contributed by atoms with Gasteiger partial charge in [0, 0.05) is 16.6 Å². The van der Waals surface area contributed by atoms with E-state index in [0.29, 0.717) is 12.3 Å². The van der Waals surface area contributed by atoms with E-state index in [1.807, 2.05) is 6.92 Å². The van der Waals surface area contributed by atoms with Gasteiger partial charge in [-0.25, -0.2) is 0 Å². The lowest BCUT2D eigenvalue weighted by atomic mass is 10.3. The number of carbonyl (C=O) groups is 1. The predicted molar refractivity (Wildman–Crippen MR) is 53.8 cm³/mol. The third kappa shape index (κ3) is 2.73. The Balaban J connectivity index is 2.59. The first kappa shape index (κ1) is 10.1. The molecule has 1 N–H and O–H groups in total. The van der Waals surface area contributed by atoms with Crippen LogP contribution in [0.15, 0.2) is 27.8 Å². The fraction of sp³-hybridized carbons (Fsp3) is 0.222. The van der Waals surface area contributed by atoms with Gasteiger partial charge in [0.1, 0.15) is 0 Å². The van der Waals surface area contributed by atoms with Crippen molar-refractivity contribution >= 4 is 21.8 Å². The van der Waals surface area contributed by atoms with E-state index in [1.165, 1.54) is 6.26 Å². The molecule has 0 atom stereocenters. The molecule has 0 unspecified atom stereocenters. The number of hydrogen-bond donors (Lipinski definition) is 1. The smallest absolute Gasteiger partial charge is 0.287 e. The molecule has 1 heterocycles. The summed E-state index contributed by atoms with van der Waals surface area (Å²) in [6.07, 6.45) is 1.49. The van der Waals surface area contributed by atoms with Crippen LogP contribution in [-0.4, -0.2) is 12.5 Å². The number of halogens is 1. The van der Waals surface area contributed by atoms with Gasteiger partial charge in [-0.05, 0) is 13.0 Å². The maximum absolute atomic E-state index is 11.4. The van der Waals surface area contributed by atoms with E-state index in [1.54, 1.807) is 6.07 Å². The third-order valence-electron chi connectivity index (χ3n) is 1.51. The number of aryl methyl sites for hydroxylation is 1. The van der Waals surface area contributed by atoms with Gasteiger partial charge >= 0.3 is 0 Å². The van der Waals surface area contributed by atoms with Crippen LogP contribution in [0.5, 0.6) is 0 Å². The molecule has 13 heavy (non-hydrogen) atoms. The minimum absolute atomic E-state index is 0.219. The Hall–Kier alpha value is -1.03. The third-order valence-corrected chi connectivity index (χ3v) is 1.79. The van der Waals surface area contributed by atoms with Crippen molar-refractivity contribution in [2.24, 2.45) is 0 Å². The largest absolute Gasteiger partial charge is 0.459 e. The van der Waals surface area contributed by atoms with E-state index in [9.17, 15) is 4.79 Å². The molecule has 1 aromatic rings. The molecule has 4 heteroatoms. The van der Waals surface area contributed by atoms with E-state index in [4.69, 9.17) is 4.42 Å². The van der Waals surface area contributed by atoms with Crippen molar-refractivity contribution in [1.29, 1.82) is 0 Å². The van der Waals surface area contributed by atoms with Gasteiger partial charge in [0.05, 0.1) is 6.26 Å². The number of carbonyl (C=O) groups excluding carboxylic acids is 1. The summed E-state index contributed by atoms with van der Waals surface area (Å²) in [6, 6.07) is 1.75. The lowest BCUT2D eigenvalue weighted by molar-refractivity contribution is 0.0929. The fourth-order valence-corrected chi connectivity index (χ4v) is 1.00. The van der Waals surface area contributed by atoms with E-state index in [2.05, 4.69) is 27.8 Å². The molecule has 0 aliphatic heterocycles. The SMILES string of the molecule is C=C(Br)CNC(=O)c1occc1C. The van der Waals surface area contributed by atoms with Crippen LogP contribution >= 0.6 is 15.9 Å². The summed E-state index contributed by atoms with van der Waals surface area (Å²) in [6.45, 7) is 5.82. The molecule has 1 amide bonds. The van der Waals surface area contributed by atoms with E-state index < -0.39 is 0 Å². The summed E-state index contributed by atoms with van der Waals surface area (Å²) < 4.78 is 5.73. The monoisotopic (exact) mass is 243 g/mol. The molecule has 0 aliphatic rings. The second kappa shape index (κ2) is 4.28. The van der Waals surface area contributed by atoms with Crippen LogP contribution in [0.4, 0.5) is 0 Å². The lowest BCUT2D eigenvalue weighted by Crippen LogP contribution is -2.24. The summed E-state index contributed by atoms with van der Waals surface area (Å²) in [5.74, 6) is 0.136. The standard InChI is InChI=1S/C9H10BrNO2/c1-6-3-4-13-8(6)9(12)11-5-7(2)10/h3-4H,2,5H2,1H3,(H,11,12). The Morgan fingerprint density at radius 3 is 2.92 bits per heavy atom. The average molecular weight is 244 g/mol. The second-order valence-electron chi connectivity index (χ2n) is 2.63. The molecule has 1 aromatic heterocycles. The van der Waals surface area contributed by atoms with Crippen molar-refractivity contribution in [2.45, 2.75) is 6.92 Å². The Bertz CT molecular complexity index is 330. The number of amides is 1. The highest BCUT2D eigenvalue weighted by Gasteiger charge is 2.11. The average Bonchev–Trinajstić information content (AvgIpc) is 2.47. The summed E-state index contributed by atoms with van der Waals surface area (Å²) >= 11 is 3.14. The quantitative estimate of drug-likeness (QED) is 0.885. The minimum Gasteiger partial charge on any atom is -0.459 e. The maximum Gasteiger partial charge on any atom is 0.287 e. The lowest BCUT2D eigenvalue weighted by Gasteiger charge is -2.01. The molecule has 0 aromatic carbocycles. The molecule has 0 spiro atoms. The normalized spacial score (nSPS) is 9.69. The molecule has 70 valence electrons. The van der Waals surface area contributed by atoms with Crippen LogP contribution in [0.2, 0.25) is 0 Å². The maximum atomic E-state index is 11.4. The number of nitrogens with one attached hydrogen (secondary N) is 1. The van der Waals surface area contributed by atoms with Crippen LogP contribution in [0, 0.1) is 6.92 Å². The minimum atomic E-state index is -0.219. The van der Waals surface area contributed by atoms with Crippen LogP contribution in [0.25, 0.3) is 0 Å². The van der Waals surface area contributed by atoms with Crippen LogP contribution in [0.1, 0.15) is 16.1 Å². The molecule has 1 rings (SSSR count). The van der Waals surface area contributed by atoms with Gasteiger partial charge in [-0.15, -0.1) is 0 Å². The summed E-state index contributed by atoms with van der Waals surface area (Å²) in [4.78, 5) is 11.4. The van der Waals surface area contributed by atoms with Gasteiger partial charge in [0.25, 0.3) is 5.91 Å². The zero-order chi connectivity index (χ0) is 9.84. The summed E-state index contributed by atoms with van der Waals surface area (Å²) in [7, 11) is 0. The van der Waals surface area contributed by atoms with Gasteiger partial charge < -0.3 is 9.73 Å². The Morgan fingerprint density at radius 1 is 1.77 bits per heavy atom. The van der Waals surface area contributed by atoms with E-state index in [0.717, 1.165) is 10.0 Å². The fourth-order valence-electron chi connectivity index (χ4n) is 0.862. The van der Waals surface area contributed by atoms with Crippen molar-refractivity contribution in [3.63, 3.8) is 0 Å². The van der Waals surface area contributed by atoms with Crippen LogP contribution in [-0.2, 0) is 0 Å².